The molecule has 0 saturated carbocycles. The van der Waals surface area contributed by atoms with Gasteiger partial charge in [-0.1, -0.05) is 0 Å². The van der Waals surface area contributed by atoms with Crippen molar-refractivity contribution in [2.45, 2.75) is 31.0 Å². The molecule has 1 aliphatic rings. The van der Waals surface area contributed by atoms with Gasteiger partial charge in [0.2, 0.25) is 0 Å². The summed E-state index contributed by atoms with van der Waals surface area (Å²) in [7, 11) is 0.538. The fourth-order valence-electron chi connectivity index (χ4n) is 2.13. The van der Waals surface area contributed by atoms with Crippen molar-refractivity contribution in [1.29, 1.82) is 0 Å². The number of likely N-dealkylation sites (N-methyl/N-ethyl adjacent to an activating group) is 1. The lowest BCUT2D eigenvalue weighted by molar-refractivity contribution is 0.302. The van der Waals surface area contributed by atoms with E-state index in [1.54, 1.807) is 17.1 Å². The molecule has 0 radical (unpaired) electrons. The molecule has 2 rings (SSSR count). The lowest BCUT2D eigenvalue weighted by atomic mass is 10.2. The highest BCUT2D eigenvalue weighted by Crippen LogP contribution is 2.21. The predicted molar refractivity (Wildman–Crippen MR) is 68.8 cm³/mol. The first-order valence-corrected chi connectivity index (χ1v) is 7.57. The van der Waals surface area contributed by atoms with E-state index in [0.717, 1.165) is 13.0 Å². The minimum Gasteiger partial charge on any atom is -0.336 e. The standard InChI is InChI=1S/C11H20N4O2S/c1-4-14-8-11(12-9-14)18(16,17)15-6-5-10(7-15)13(2)3/h8-10H,4-7H2,1-3H3. The molecule has 7 heteroatoms. The Kier molecular flexibility index (Phi) is 3.74. The molecule has 1 saturated heterocycles. The Morgan fingerprint density at radius 1 is 1.50 bits per heavy atom. The molecule has 0 N–H and O–H groups in total. The number of hydrogen-bond donors (Lipinski definition) is 0. The van der Waals surface area contributed by atoms with Crippen LogP contribution in [0.4, 0.5) is 0 Å². The zero-order valence-electron chi connectivity index (χ0n) is 11.1. The van der Waals surface area contributed by atoms with E-state index in [1.807, 2.05) is 21.0 Å². The lowest BCUT2D eigenvalue weighted by Crippen LogP contribution is -2.34. The lowest BCUT2D eigenvalue weighted by Gasteiger charge is -2.19. The summed E-state index contributed by atoms with van der Waals surface area (Å²) in [6.45, 7) is 3.80. The number of aryl methyl sites for hydroxylation is 1. The van der Waals surface area contributed by atoms with Crippen LogP contribution in [0.15, 0.2) is 17.6 Å². The second-order valence-corrected chi connectivity index (χ2v) is 6.70. The Morgan fingerprint density at radius 3 is 2.72 bits per heavy atom. The molecule has 0 spiro atoms. The van der Waals surface area contributed by atoms with E-state index in [0.29, 0.717) is 19.1 Å². The minimum absolute atomic E-state index is 0.156. The van der Waals surface area contributed by atoms with E-state index < -0.39 is 10.0 Å². The second-order valence-electron chi connectivity index (χ2n) is 4.81. The molecule has 0 aromatic carbocycles. The highest BCUT2D eigenvalue weighted by Gasteiger charge is 2.34. The normalized spacial score (nSPS) is 21.9. The average Bonchev–Trinajstić information content (AvgIpc) is 2.98. The van der Waals surface area contributed by atoms with Crippen LogP contribution in [0.5, 0.6) is 0 Å². The van der Waals surface area contributed by atoms with Gasteiger partial charge in [-0.2, -0.15) is 4.31 Å². The number of nitrogens with zero attached hydrogens (tertiary/aromatic N) is 4. The van der Waals surface area contributed by atoms with Crippen LogP contribution in [-0.2, 0) is 16.6 Å². The molecule has 0 aliphatic carbocycles. The van der Waals surface area contributed by atoms with Crippen LogP contribution < -0.4 is 0 Å². The Balaban J connectivity index is 2.17. The number of hydrogen-bond acceptors (Lipinski definition) is 4. The molecule has 102 valence electrons. The molecular weight excluding hydrogens is 252 g/mol. The summed E-state index contributed by atoms with van der Waals surface area (Å²) < 4.78 is 28.0. The summed E-state index contributed by atoms with van der Waals surface area (Å²) in [5.41, 5.74) is 0. The molecule has 18 heavy (non-hydrogen) atoms. The van der Waals surface area contributed by atoms with Crippen molar-refractivity contribution < 1.29 is 8.42 Å². The quantitative estimate of drug-likeness (QED) is 0.787. The summed E-state index contributed by atoms with van der Waals surface area (Å²) >= 11 is 0. The van der Waals surface area contributed by atoms with Gasteiger partial charge in [-0.3, -0.25) is 0 Å². The minimum atomic E-state index is -3.42. The molecule has 1 unspecified atom stereocenters. The molecule has 2 heterocycles. The van der Waals surface area contributed by atoms with Gasteiger partial charge >= 0.3 is 0 Å². The first-order chi connectivity index (χ1) is 8.45. The van der Waals surface area contributed by atoms with Crippen LogP contribution in [0.25, 0.3) is 0 Å². The summed E-state index contributed by atoms with van der Waals surface area (Å²) in [5.74, 6) is 0. The van der Waals surface area contributed by atoms with Crippen LogP contribution in [-0.4, -0.2) is 60.4 Å². The van der Waals surface area contributed by atoms with Gasteiger partial charge in [0, 0.05) is 31.9 Å². The topological polar surface area (TPSA) is 58.4 Å². The Morgan fingerprint density at radius 2 is 2.22 bits per heavy atom. The van der Waals surface area contributed by atoms with E-state index in [-0.39, 0.29) is 5.03 Å². The van der Waals surface area contributed by atoms with E-state index in [1.165, 1.54) is 4.31 Å². The Hall–Kier alpha value is -0.920. The molecule has 1 fully saturated rings. The van der Waals surface area contributed by atoms with Gasteiger partial charge in [0.1, 0.15) is 0 Å². The fourth-order valence-corrected chi connectivity index (χ4v) is 3.56. The average molecular weight is 272 g/mol. The van der Waals surface area contributed by atoms with Crippen molar-refractivity contribution in [2.24, 2.45) is 0 Å². The molecule has 0 amide bonds. The molecule has 1 aromatic rings. The summed E-state index contributed by atoms with van der Waals surface area (Å²) in [6.07, 6.45) is 4.03. The van der Waals surface area contributed by atoms with E-state index >= 15 is 0 Å². The second kappa shape index (κ2) is 4.99. The number of aromatic nitrogens is 2. The van der Waals surface area contributed by atoms with Gasteiger partial charge in [-0.25, -0.2) is 13.4 Å². The smallest absolute Gasteiger partial charge is 0.262 e. The molecule has 1 aromatic heterocycles. The zero-order valence-corrected chi connectivity index (χ0v) is 11.9. The Labute approximate surface area is 108 Å². The van der Waals surface area contributed by atoms with Gasteiger partial charge in [-0.05, 0) is 27.4 Å². The van der Waals surface area contributed by atoms with Crippen molar-refractivity contribution in [3.05, 3.63) is 12.5 Å². The van der Waals surface area contributed by atoms with Crippen LogP contribution in [0.1, 0.15) is 13.3 Å². The van der Waals surface area contributed by atoms with Gasteiger partial charge in [-0.15, -0.1) is 0 Å². The number of imidazole rings is 1. The third-order valence-corrected chi connectivity index (χ3v) is 5.19. The summed E-state index contributed by atoms with van der Waals surface area (Å²) in [5, 5.41) is 0.156. The van der Waals surface area contributed by atoms with E-state index in [2.05, 4.69) is 9.88 Å². The van der Waals surface area contributed by atoms with Crippen LogP contribution >= 0.6 is 0 Å². The number of sulfonamides is 1. The summed E-state index contributed by atoms with van der Waals surface area (Å²) in [6, 6.07) is 0.299. The molecular formula is C11H20N4O2S. The molecule has 6 nitrogen and oxygen atoms in total. The van der Waals surface area contributed by atoms with Crippen LogP contribution in [0.2, 0.25) is 0 Å². The van der Waals surface area contributed by atoms with Gasteiger partial charge in [0.05, 0.1) is 6.33 Å². The fraction of sp³-hybridized carbons (Fsp3) is 0.727. The zero-order chi connectivity index (χ0) is 13.3. The van der Waals surface area contributed by atoms with Gasteiger partial charge in [0.25, 0.3) is 10.0 Å². The Bertz CT molecular complexity index is 509. The first-order valence-electron chi connectivity index (χ1n) is 6.13. The van der Waals surface area contributed by atoms with Crippen LogP contribution in [0, 0.1) is 0 Å². The maximum Gasteiger partial charge on any atom is 0.262 e. The molecule has 1 atom stereocenters. The van der Waals surface area contributed by atoms with Crippen molar-refractivity contribution in [3.8, 4) is 0 Å². The molecule has 1 aliphatic heterocycles. The van der Waals surface area contributed by atoms with Crippen molar-refractivity contribution in [3.63, 3.8) is 0 Å². The van der Waals surface area contributed by atoms with Gasteiger partial charge < -0.3 is 9.47 Å². The first kappa shape index (κ1) is 13.5. The SMILES string of the molecule is CCn1cnc(S(=O)(=O)N2CCC(N(C)C)C2)c1. The van der Waals surface area contributed by atoms with Crippen molar-refractivity contribution in [1.82, 2.24) is 18.8 Å². The largest absolute Gasteiger partial charge is 0.336 e. The maximum atomic E-state index is 12.4. The number of rotatable bonds is 4. The van der Waals surface area contributed by atoms with Crippen molar-refractivity contribution in [2.75, 3.05) is 27.2 Å². The monoisotopic (exact) mass is 272 g/mol. The van der Waals surface area contributed by atoms with E-state index in [9.17, 15) is 8.42 Å². The van der Waals surface area contributed by atoms with E-state index in [4.69, 9.17) is 0 Å². The third kappa shape index (κ3) is 2.43. The third-order valence-electron chi connectivity index (χ3n) is 3.44. The predicted octanol–water partition coefficient (Wildman–Crippen LogP) is 0.228. The maximum absolute atomic E-state index is 12.4. The highest BCUT2D eigenvalue weighted by atomic mass is 32.2. The van der Waals surface area contributed by atoms with Gasteiger partial charge in [0.15, 0.2) is 5.03 Å². The van der Waals surface area contributed by atoms with Crippen molar-refractivity contribution >= 4 is 10.0 Å². The highest BCUT2D eigenvalue weighted by molar-refractivity contribution is 7.89. The van der Waals surface area contributed by atoms with Crippen LogP contribution in [0.3, 0.4) is 0 Å². The summed E-state index contributed by atoms with van der Waals surface area (Å²) in [4.78, 5) is 6.06. The molecule has 0 bridgehead atoms.